The van der Waals surface area contributed by atoms with Crippen molar-refractivity contribution in [3.63, 3.8) is 0 Å². The van der Waals surface area contributed by atoms with Crippen molar-refractivity contribution in [3.05, 3.63) is 35.6 Å². The van der Waals surface area contributed by atoms with E-state index in [0.717, 1.165) is 37.6 Å². The third kappa shape index (κ3) is 4.49. The first-order valence-electron chi connectivity index (χ1n) is 7.23. The molecule has 5 heteroatoms. The van der Waals surface area contributed by atoms with Gasteiger partial charge in [-0.3, -0.25) is 4.84 Å². The van der Waals surface area contributed by atoms with Crippen molar-refractivity contribution in [2.75, 3.05) is 19.6 Å². The van der Waals surface area contributed by atoms with Gasteiger partial charge in [0.25, 0.3) is 0 Å². The van der Waals surface area contributed by atoms with Crippen LogP contribution in [0.25, 0.3) is 0 Å². The van der Waals surface area contributed by atoms with Gasteiger partial charge >= 0.3 is 0 Å². The maximum Gasteiger partial charge on any atom is 0.218 e. The van der Waals surface area contributed by atoms with E-state index in [2.05, 4.69) is 17.2 Å². The topological polar surface area (TPSA) is 36.9 Å². The fourth-order valence-electron chi connectivity index (χ4n) is 2.01. The quantitative estimate of drug-likeness (QED) is 0.780. The van der Waals surface area contributed by atoms with Crippen LogP contribution in [0.2, 0.25) is 0 Å². The normalized spacial score (nSPS) is 14.5. The van der Waals surface area contributed by atoms with E-state index in [4.69, 9.17) is 4.84 Å². The number of hydrogen-bond donors (Lipinski definition) is 1. The van der Waals surface area contributed by atoms with Crippen molar-refractivity contribution in [2.45, 2.75) is 32.8 Å². The Hall–Kier alpha value is -1.62. The molecule has 2 rings (SSSR count). The van der Waals surface area contributed by atoms with Crippen molar-refractivity contribution < 1.29 is 9.23 Å². The average Bonchev–Trinajstić information content (AvgIpc) is 2.90. The zero-order valence-corrected chi connectivity index (χ0v) is 11.9. The van der Waals surface area contributed by atoms with Gasteiger partial charge < -0.3 is 5.32 Å². The van der Waals surface area contributed by atoms with E-state index in [0.29, 0.717) is 6.61 Å². The fourth-order valence-corrected chi connectivity index (χ4v) is 2.01. The number of nitrogens with zero attached hydrogens (tertiary/aromatic N) is 2. The summed E-state index contributed by atoms with van der Waals surface area (Å²) < 4.78 is 12.8. The highest BCUT2D eigenvalue weighted by Gasteiger charge is 2.17. The van der Waals surface area contributed by atoms with Crippen molar-refractivity contribution >= 4 is 5.96 Å². The highest BCUT2D eigenvalue weighted by Crippen LogP contribution is 2.08. The third-order valence-electron chi connectivity index (χ3n) is 3.16. The summed E-state index contributed by atoms with van der Waals surface area (Å²) in [5.41, 5.74) is 0.948. The van der Waals surface area contributed by atoms with Crippen LogP contribution in [0.4, 0.5) is 4.39 Å². The van der Waals surface area contributed by atoms with Gasteiger partial charge in [0.05, 0.1) is 13.1 Å². The number of unbranched alkanes of at least 4 members (excludes halogenated alkanes) is 2. The summed E-state index contributed by atoms with van der Waals surface area (Å²) in [5.74, 6) is 0.581. The first-order valence-corrected chi connectivity index (χ1v) is 7.23. The van der Waals surface area contributed by atoms with Crippen molar-refractivity contribution in [1.29, 1.82) is 0 Å². The van der Waals surface area contributed by atoms with Crippen LogP contribution in [-0.4, -0.2) is 30.7 Å². The van der Waals surface area contributed by atoms with Crippen LogP contribution < -0.4 is 5.32 Å². The Morgan fingerprint density at radius 1 is 1.30 bits per heavy atom. The van der Waals surface area contributed by atoms with E-state index in [1.165, 1.54) is 25.0 Å². The summed E-state index contributed by atoms with van der Waals surface area (Å²) in [6.45, 7) is 5.04. The van der Waals surface area contributed by atoms with Gasteiger partial charge in [-0.1, -0.05) is 31.9 Å². The van der Waals surface area contributed by atoms with Gasteiger partial charge in [-0.2, -0.15) is 0 Å². The van der Waals surface area contributed by atoms with E-state index in [-0.39, 0.29) is 5.82 Å². The molecule has 0 saturated carbocycles. The summed E-state index contributed by atoms with van der Waals surface area (Å²) in [6.07, 6.45) is 3.57. The summed E-state index contributed by atoms with van der Waals surface area (Å²) in [6, 6.07) is 6.36. The maximum absolute atomic E-state index is 12.8. The van der Waals surface area contributed by atoms with Crippen molar-refractivity contribution in [1.82, 2.24) is 10.4 Å². The molecular weight excluding hydrogens is 257 g/mol. The molecule has 4 nitrogen and oxygen atoms in total. The molecule has 20 heavy (non-hydrogen) atoms. The Morgan fingerprint density at radius 3 is 2.85 bits per heavy atom. The van der Waals surface area contributed by atoms with Gasteiger partial charge in [0.2, 0.25) is 5.96 Å². The highest BCUT2D eigenvalue weighted by molar-refractivity contribution is 5.80. The van der Waals surface area contributed by atoms with Crippen molar-refractivity contribution in [3.8, 4) is 0 Å². The Morgan fingerprint density at radius 2 is 2.10 bits per heavy atom. The second-order valence-corrected chi connectivity index (χ2v) is 4.84. The number of halogens is 1. The predicted molar refractivity (Wildman–Crippen MR) is 77.7 cm³/mol. The molecule has 0 saturated heterocycles. The number of rotatable bonds is 7. The Labute approximate surface area is 119 Å². The Bertz CT molecular complexity index is 433. The first-order chi connectivity index (χ1) is 9.79. The molecule has 110 valence electrons. The minimum Gasteiger partial charge on any atom is -0.354 e. The molecule has 1 aliphatic rings. The molecule has 0 unspecified atom stereocenters. The fraction of sp³-hybridized carbons (Fsp3) is 0.533. The van der Waals surface area contributed by atoms with Crippen LogP contribution in [0, 0.1) is 5.82 Å². The monoisotopic (exact) mass is 279 g/mol. The zero-order chi connectivity index (χ0) is 14.2. The number of benzene rings is 1. The second-order valence-electron chi connectivity index (χ2n) is 4.84. The van der Waals surface area contributed by atoms with E-state index in [1.807, 2.05) is 0 Å². The van der Waals surface area contributed by atoms with E-state index >= 15 is 0 Å². The van der Waals surface area contributed by atoms with Gasteiger partial charge in [-0.15, -0.1) is 0 Å². The Balaban J connectivity index is 1.74. The van der Waals surface area contributed by atoms with Crippen LogP contribution in [0.15, 0.2) is 29.3 Å². The summed E-state index contributed by atoms with van der Waals surface area (Å²) in [7, 11) is 0. The molecule has 0 fully saturated rings. The minimum absolute atomic E-state index is 0.227. The lowest BCUT2D eigenvalue weighted by atomic mass is 10.2. The lowest BCUT2D eigenvalue weighted by molar-refractivity contribution is -0.105. The minimum atomic E-state index is -0.227. The smallest absolute Gasteiger partial charge is 0.218 e. The maximum atomic E-state index is 12.8. The van der Waals surface area contributed by atoms with Gasteiger partial charge in [-0.05, 0) is 24.1 Å². The number of guanidine groups is 1. The number of aliphatic imine (C=N–C) groups is 1. The highest BCUT2D eigenvalue weighted by atomic mass is 19.1. The van der Waals surface area contributed by atoms with Crippen LogP contribution in [0.5, 0.6) is 0 Å². The number of nitrogens with one attached hydrogen (secondary N) is 1. The largest absolute Gasteiger partial charge is 0.354 e. The standard InChI is InChI=1S/C15H22FN3O/c1-2-3-4-9-17-15-18-10-11-19(15)20-12-13-5-7-14(16)8-6-13/h5-8H,2-4,9-12H2,1H3,(H,17,18). The molecule has 0 radical (unpaired) electrons. The van der Waals surface area contributed by atoms with Gasteiger partial charge in [-0.25, -0.2) is 14.4 Å². The molecule has 1 aromatic rings. The van der Waals surface area contributed by atoms with E-state index < -0.39 is 0 Å². The van der Waals surface area contributed by atoms with E-state index in [1.54, 1.807) is 17.2 Å². The second kappa shape index (κ2) is 7.85. The molecule has 1 N–H and O–H groups in total. The molecule has 0 spiro atoms. The Kier molecular flexibility index (Phi) is 5.80. The number of hydrogen-bond acceptors (Lipinski definition) is 4. The average molecular weight is 279 g/mol. The third-order valence-corrected chi connectivity index (χ3v) is 3.16. The molecule has 1 aliphatic heterocycles. The molecule has 1 aromatic carbocycles. The van der Waals surface area contributed by atoms with Crippen LogP contribution in [0.1, 0.15) is 31.7 Å². The molecular formula is C15H22FN3O. The zero-order valence-electron chi connectivity index (χ0n) is 11.9. The summed E-state index contributed by atoms with van der Waals surface area (Å²) in [4.78, 5) is 10.1. The van der Waals surface area contributed by atoms with Crippen LogP contribution in [-0.2, 0) is 11.4 Å². The lowest BCUT2D eigenvalue weighted by Gasteiger charge is -2.20. The molecule has 0 aromatic heterocycles. The predicted octanol–water partition coefficient (Wildman–Crippen LogP) is 2.71. The van der Waals surface area contributed by atoms with Gasteiger partial charge in [0.1, 0.15) is 12.4 Å². The molecule has 0 atom stereocenters. The van der Waals surface area contributed by atoms with Gasteiger partial charge in [0, 0.05) is 6.54 Å². The molecule has 0 bridgehead atoms. The summed E-state index contributed by atoms with van der Waals surface area (Å²) in [5, 5.41) is 5.09. The molecule has 0 aliphatic carbocycles. The van der Waals surface area contributed by atoms with E-state index in [9.17, 15) is 4.39 Å². The van der Waals surface area contributed by atoms with Gasteiger partial charge in [0.15, 0.2) is 0 Å². The van der Waals surface area contributed by atoms with Crippen molar-refractivity contribution in [2.24, 2.45) is 4.99 Å². The number of hydroxylamine groups is 2. The summed E-state index contributed by atoms with van der Waals surface area (Å²) >= 11 is 0. The first kappa shape index (κ1) is 14.8. The van der Waals surface area contributed by atoms with Crippen LogP contribution in [0.3, 0.4) is 0 Å². The molecule has 0 amide bonds. The SMILES string of the molecule is CCCCCNC1=NCCN1OCc1ccc(F)cc1. The lowest BCUT2D eigenvalue weighted by Crippen LogP contribution is -2.38. The molecule has 1 heterocycles. The van der Waals surface area contributed by atoms with Crippen LogP contribution >= 0.6 is 0 Å².